The van der Waals surface area contributed by atoms with Gasteiger partial charge in [0.25, 0.3) is 0 Å². The molecule has 0 aliphatic carbocycles. The van der Waals surface area contributed by atoms with E-state index >= 15 is 0 Å². The van der Waals surface area contributed by atoms with E-state index in [4.69, 9.17) is 4.74 Å². The summed E-state index contributed by atoms with van der Waals surface area (Å²) in [6.07, 6.45) is -0.185. The van der Waals surface area contributed by atoms with Gasteiger partial charge in [0.1, 0.15) is 18.1 Å². The van der Waals surface area contributed by atoms with Gasteiger partial charge in [-0.15, -0.1) is 11.3 Å². The first-order chi connectivity index (χ1) is 14.3. The van der Waals surface area contributed by atoms with Gasteiger partial charge in [-0.2, -0.15) is 0 Å². The average molecular weight is 424 g/mol. The molecular weight excluding hydrogens is 398 g/mol. The largest absolute Gasteiger partial charge is 0.489 e. The first kappa shape index (κ1) is 19.3. The summed E-state index contributed by atoms with van der Waals surface area (Å²) in [4.78, 5) is 16.1. The molecule has 3 N–H and O–H groups in total. The minimum Gasteiger partial charge on any atom is -0.489 e. The van der Waals surface area contributed by atoms with Gasteiger partial charge in [0.05, 0.1) is 15.7 Å². The van der Waals surface area contributed by atoms with Crippen LogP contribution in [0.4, 0.5) is 5.69 Å². The van der Waals surface area contributed by atoms with Crippen LogP contribution in [0.15, 0.2) is 35.8 Å². The Kier molecular flexibility index (Phi) is 4.48. The highest BCUT2D eigenvalue weighted by Gasteiger charge is 2.38. The lowest BCUT2D eigenvalue weighted by Crippen LogP contribution is -2.32. The molecule has 0 radical (unpaired) electrons. The maximum atomic E-state index is 11.6. The number of anilines is 1. The van der Waals surface area contributed by atoms with E-state index in [0.717, 1.165) is 38.3 Å². The molecule has 1 unspecified atom stereocenters. The monoisotopic (exact) mass is 423 g/mol. The average Bonchev–Trinajstić information content (AvgIpc) is 3.40. The molecule has 3 heterocycles. The molecule has 2 aliphatic rings. The van der Waals surface area contributed by atoms with Gasteiger partial charge in [0.2, 0.25) is 5.91 Å². The van der Waals surface area contributed by atoms with Crippen molar-refractivity contribution in [3.63, 3.8) is 0 Å². The first-order valence-corrected chi connectivity index (χ1v) is 11.1. The third-order valence-corrected chi connectivity index (χ3v) is 7.26. The summed E-state index contributed by atoms with van der Waals surface area (Å²) < 4.78 is 7.36. The molecule has 156 valence electrons. The Balaban J connectivity index is 1.51. The van der Waals surface area contributed by atoms with Crippen molar-refractivity contribution in [3.05, 3.63) is 41.4 Å². The van der Waals surface area contributed by atoms with Crippen LogP contribution >= 0.6 is 11.3 Å². The van der Waals surface area contributed by atoms with Gasteiger partial charge in [0.15, 0.2) is 0 Å². The number of aliphatic hydroxyl groups excluding tert-OH is 1. The lowest BCUT2D eigenvalue weighted by Gasteiger charge is -2.22. The molecule has 2 aromatic carbocycles. The Labute approximate surface area is 179 Å². The molecule has 1 fully saturated rings. The van der Waals surface area contributed by atoms with Crippen LogP contribution in [0.25, 0.3) is 21.3 Å². The van der Waals surface area contributed by atoms with Crippen molar-refractivity contribution < 1.29 is 14.6 Å². The summed E-state index contributed by atoms with van der Waals surface area (Å²) in [5.74, 6) is 1.05. The number of carbonyl (C=O) groups excluding carboxylic acids is 1. The van der Waals surface area contributed by atoms with Crippen molar-refractivity contribution >= 4 is 33.1 Å². The summed E-state index contributed by atoms with van der Waals surface area (Å²) in [6, 6.07) is 10.4. The number of ether oxygens (including phenoxy) is 1. The normalized spacial score (nSPS) is 23.1. The number of rotatable bonds is 4. The minimum absolute atomic E-state index is 0.0814. The Morgan fingerprint density at radius 1 is 1.27 bits per heavy atom. The van der Waals surface area contributed by atoms with E-state index in [9.17, 15) is 9.90 Å². The van der Waals surface area contributed by atoms with E-state index < -0.39 is 6.23 Å². The number of nitrogens with zero attached hydrogens (tertiary/aromatic N) is 1. The van der Waals surface area contributed by atoms with Crippen molar-refractivity contribution in [1.82, 2.24) is 10.3 Å². The number of hydrogen-bond donors (Lipinski definition) is 3. The van der Waals surface area contributed by atoms with E-state index in [1.54, 1.807) is 11.3 Å². The number of hydrogen-bond acceptors (Lipinski definition) is 6. The van der Waals surface area contributed by atoms with Gasteiger partial charge in [-0.05, 0) is 41.8 Å². The second kappa shape index (κ2) is 6.96. The van der Waals surface area contributed by atoms with E-state index in [1.165, 1.54) is 0 Å². The van der Waals surface area contributed by atoms with E-state index in [2.05, 4.69) is 45.9 Å². The van der Waals surface area contributed by atoms with Gasteiger partial charge in [0, 0.05) is 30.0 Å². The summed E-state index contributed by atoms with van der Waals surface area (Å²) in [5, 5.41) is 16.4. The number of aliphatic hydroxyl groups is 1. The van der Waals surface area contributed by atoms with Crippen molar-refractivity contribution in [3.8, 4) is 16.9 Å². The van der Waals surface area contributed by atoms with Crippen molar-refractivity contribution in [2.75, 3.05) is 11.9 Å². The molecule has 2 aliphatic heterocycles. The van der Waals surface area contributed by atoms with Crippen LogP contribution in [0.3, 0.4) is 0 Å². The maximum absolute atomic E-state index is 11.6. The quantitative estimate of drug-likeness (QED) is 0.593. The van der Waals surface area contributed by atoms with Crippen molar-refractivity contribution in [2.45, 2.75) is 44.9 Å². The highest BCUT2D eigenvalue weighted by atomic mass is 32.1. The smallest absolute Gasteiger partial charge is 0.220 e. The Hall–Kier alpha value is -2.64. The van der Waals surface area contributed by atoms with Gasteiger partial charge >= 0.3 is 0 Å². The number of nitrogens with one attached hydrogen (secondary N) is 2. The molecule has 30 heavy (non-hydrogen) atoms. The highest BCUT2D eigenvalue weighted by molar-refractivity contribution is 7.17. The number of fused-ring (bicyclic) bond motifs is 2. The first-order valence-electron chi connectivity index (χ1n) is 10.2. The third-order valence-electron chi connectivity index (χ3n) is 6.41. The third kappa shape index (κ3) is 3.13. The SMILES string of the molecule is C[C@@H](Oc1cc(-c2ccc3c(c2)NC(O)C3(C)C)cc2ncsc12)[C@H]1CNC(=O)C1. The Morgan fingerprint density at radius 2 is 2.10 bits per heavy atom. The molecule has 6 nitrogen and oxygen atoms in total. The van der Waals surface area contributed by atoms with E-state index in [0.29, 0.717) is 13.0 Å². The van der Waals surface area contributed by atoms with Gasteiger partial charge in [-0.3, -0.25) is 4.79 Å². The molecule has 1 saturated heterocycles. The number of benzene rings is 2. The molecule has 1 amide bonds. The molecule has 1 aromatic heterocycles. The van der Waals surface area contributed by atoms with Crippen LogP contribution in [0.5, 0.6) is 5.75 Å². The van der Waals surface area contributed by atoms with E-state index in [-0.39, 0.29) is 23.3 Å². The van der Waals surface area contributed by atoms with Crippen LogP contribution in [-0.4, -0.2) is 34.9 Å². The minimum atomic E-state index is -0.605. The predicted molar refractivity (Wildman–Crippen MR) is 119 cm³/mol. The van der Waals surface area contributed by atoms with Crippen LogP contribution in [0.1, 0.15) is 32.8 Å². The second-order valence-electron chi connectivity index (χ2n) is 8.80. The van der Waals surface area contributed by atoms with Crippen LogP contribution < -0.4 is 15.4 Å². The van der Waals surface area contributed by atoms with Gasteiger partial charge in [-0.25, -0.2) is 4.98 Å². The van der Waals surface area contributed by atoms with E-state index in [1.807, 2.05) is 26.3 Å². The molecular formula is C23H25N3O3S. The zero-order valence-corrected chi connectivity index (χ0v) is 18.0. The zero-order chi connectivity index (χ0) is 21.0. The standard InChI is InChI=1S/C23H25N3O3S/c1-12(15-9-20(27)24-10-15)29-19-8-14(7-18-21(19)30-11-25-18)13-4-5-16-17(6-13)26-22(28)23(16,2)3/h4-8,11-12,15,22,26,28H,9-10H2,1-3H3,(H,24,27)/t12-,15-,22?/m1/s1. The molecule has 0 bridgehead atoms. The molecule has 3 atom stereocenters. The maximum Gasteiger partial charge on any atom is 0.220 e. The fourth-order valence-corrected chi connectivity index (χ4v) is 5.06. The van der Waals surface area contributed by atoms with Crippen molar-refractivity contribution in [2.24, 2.45) is 5.92 Å². The molecule has 5 rings (SSSR count). The number of thiazole rings is 1. The molecule has 3 aromatic rings. The summed E-state index contributed by atoms with van der Waals surface area (Å²) in [5.41, 5.74) is 6.51. The second-order valence-corrected chi connectivity index (χ2v) is 9.65. The zero-order valence-electron chi connectivity index (χ0n) is 17.2. The molecule has 7 heteroatoms. The van der Waals surface area contributed by atoms with Crippen LogP contribution in [-0.2, 0) is 10.2 Å². The fraction of sp³-hybridized carbons (Fsp3) is 0.391. The van der Waals surface area contributed by atoms with Crippen molar-refractivity contribution in [1.29, 1.82) is 0 Å². The summed E-state index contributed by atoms with van der Waals surface area (Å²) in [7, 11) is 0. The summed E-state index contributed by atoms with van der Waals surface area (Å²) >= 11 is 1.56. The van der Waals surface area contributed by atoms with Crippen LogP contribution in [0.2, 0.25) is 0 Å². The topological polar surface area (TPSA) is 83.5 Å². The molecule has 0 spiro atoms. The fourth-order valence-electron chi connectivity index (χ4n) is 4.33. The Bertz CT molecular complexity index is 1140. The number of carbonyl (C=O) groups is 1. The lowest BCUT2D eigenvalue weighted by atomic mass is 9.84. The number of amides is 1. The van der Waals surface area contributed by atoms with Crippen LogP contribution in [0, 0.1) is 5.92 Å². The lowest BCUT2D eigenvalue weighted by molar-refractivity contribution is -0.119. The predicted octanol–water partition coefficient (Wildman–Crippen LogP) is 3.89. The highest BCUT2D eigenvalue weighted by Crippen LogP contribution is 2.43. The number of aromatic nitrogens is 1. The van der Waals surface area contributed by atoms with Gasteiger partial charge in [-0.1, -0.05) is 26.0 Å². The molecule has 0 saturated carbocycles. The van der Waals surface area contributed by atoms with Gasteiger partial charge < -0.3 is 20.5 Å². The summed E-state index contributed by atoms with van der Waals surface area (Å²) in [6.45, 7) is 6.74. The Morgan fingerprint density at radius 3 is 2.87 bits per heavy atom.